The van der Waals surface area contributed by atoms with Gasteiger partial charge < -0.3 is 11.1 Å². The minimum Gasteiger partial charge on any atom is -0.399 e. The molecule has 3 rings (SSSR count). The Labute approximate surface area is 115 Å². The summed E-state index contributed by atoms with van der Waals surface area (Å²) in [6.45, 7) is 0. The molecule has 18 heavy (non-hydrogen) atoms. The van der Waals surface area contributed by atoms with E-state index in [1.165, 1.54) is 30.4 Å². The molecule has 0 spiro atoms. The Kier molecular flexibility index (Phi) is 3.00. The summed E-state index contributed by atoms with van der Waals surface area (Å²) in [6, 6.07) is 12.4. The van der Waals surface area contributed by atoms with Crippen LogP contribution in [0.2, 0.25) is 0 Å². The van der Waals surface area contributed by atoms with Gasteiger partial charge in [-0.2, -0.15) is 0 Å². The molecule has 0 aromatic heterocycles. The molecule has 1 aliphatic carbocycles. The number of rotatable bonds is 2. The van der Waals surface area contributed by atoms with E-state index in [4.69, 9.17) is 5.73 Å². The lowest BCUT2D eigenvalue weighted by atomic mass is 10.1. The molecule has 0 saturated heterocycles. The number of nitrogen functional groups attached to an aromatic ring is 1. The maximum absolute atomic E-state index is 5.74. The largest absolute Gasteiger partial charge is 0.399 e. The normalized spacial score (nSPS) is 13.4. The number of aryl methyl sites for hydroxylation is 2. The van der Waals surface area contributed by atoms with E-state index in [-0.39, 0.29) is 0 Å². The van der Waals surface area contributed by atoms with Crippen molar-refractivity contribution in [2.45, 2.75) is 19.3 Å². The van der Waals surface area contributed by atoms with Crippen LogP contribution < -0.4 is 11.1 Å². The quantitative estimate of drug-likeness (QED) is 0.813. The van der Waals surface area contributed by atoms with E-state index in [9.17, 15) is 0 Å². The highest BCUT2D eigenvalue weighted by atomic mass is 79.9. The molecule has 2 aromatic rings. The molecule has 1 aliphatic rings. The number of nitrogens with two attached hydrogens (primary N) is 1. The van der Waals surface area contributed by atoms with Gasteiger partial charge in [0.05, 0.1) is 5.69 Å². The van der Waals surface area contributed by atoms with Crippen molar-refractivity contribution in [2.24, 2.45) is 0 Å². The molecular weight excluding hydrogens is 288 g/mol. The van der Waals surface area contributed by atoms with Crippen molar-refractivity contribution >= 4 is 33.0 Å². The molecule has 0 aliphatic heterocycles. The zero-order chi connectivity index (χ0) is 12.5. The summed E-state index contributed by atoms with van der Waals surface area (Å²) in [5.74, 6) is 0. The van der Waals surface area contributed by atoms with Crippen molar-refractivity contribution < 1.29 is 0 Å². The first-order valence-corrected chi connectivity index (χ1v) is 6.95. The molecule has 2 nitrogen and oxygen atoms in total. The summed E-state index contributed by atoms with van der Waals surface area (Å²) >= 11 is 3.52. The van der Waals surface area contributed by atoms with Gasteiger partial charge in [0.25, 0.3) is 0 Å². The van der Waals surface area contributed by atoms with Gasteiger partial charge in [-0.15, -0.1) is 0 Å². The molecule has 0 saturated carbocycles. The van der Waals surface area contributed by atoms with Gasteiger partial charge in [-0.25, -0.2) is 0 Å². The predicted octanol–water partition coefficient (Wildman–Crippen LogP) is 4.26. The Balaban J connectivity index is 1.88. The molecule has 3 N–H and O–H groups in total. The second kappa shape index (κ2) is 4.65. The molecule has 2 aromatic carbocycles. The van der Waals surface area contributed by atoms with Gasteiger partial charge in [-0.3, -0.25) is 0 Å². The third-order valence-electron chi connectivity index (χ3n) is 3.37. The lowest BCUT2D eigenvalue weighted by molar-refractivity contribution is 0.912. The van der Waals surface area contributed by atoms with Gasteiger partial charge in [-0.1, -0.05) is 6.07 Å². The Hall–Kier alpha value is -1.48. The lowest BCUT2D eigenvalue weighted by Crippen LogP contribution is -1.94. The van der Waals surface area contributed by atoms with Crippen molar-refractivity contribution in [3.63, 3.8) is 0 Å². The zero-order valence-electron chi connectivity index (χ0n) is 10.0. The van der Waals surface area contributed by atoms with E-state index in [2.05, 4.69) is 39.4 Å². The fourth-order valence-corrected chi connectivity index (χ4v) is 2.93. The molecular formula is C15H15BrN2. The molecule has 0 heterocycles. The molecule has 92 valence electrons. The SMILES string of the molecule is Nc1ccc(Nc2ccc3c(c2)CCC3)c(Br)c1. The van der Waals surface area contributed by atoms with Gasteiger partial charge in [0, 0.05) is 15.8 Å². The van der Waals surface area contributed by atoms with Crippen LogP contribution in [0.4, 0.5) is 17.1 Å². The van der Waals surface area contributed by atoms with Crippen LogP contribution in [0.15, 0.2) is 40.9 Å². The monoisotopic (exact) mass is 302 g/mol. The Morgan fingerprint density at radius 1 is 1.00 bits per heavy atom. The highest BCUT2D eigenvalue weighted by molar-refractivity contribution is 9.10. The van der Waals surface area contributed by atoms with Crippen molar-refractivity contribution in [3.8, 4) is 0 Å². The molecule has 3 heteroatoms. The number of halogens is 1. The van der Waals surface area contributed by atoms with Crippen molar-refractivity contribution in [1.82, 2.24) is 0 Å². The number of fused-ring (bicyclic) bond motifs is 1. The van der Waals surface area contributed by atoms with Crippen LogP contribution in [-0.4, -0.2) is 0 Å². The van der Waals surface area contributed by atoms with E-state index >= 15 is 0 Å². The first-order valence-electron chi connectivity index (χ1n) is 6.16. The third-order valence-corrected chi connectivity index (χ3v) is 4.03. The van der Waals surface area contributed by atoms with Crippen LogP contribution >= 0.6 is 15.9 Å². The van der Waals surface area contributed by atoms with Gasteiger partial charge in [0.15, 0.2) is 0 Å². The topological polar surface area (TPSA) is 38.0 Å². The smallest absolute Gasteiger partial charge is 0.0530 e. The second-order valence-electron chi connectivity index (χ2n) is 4.70. The zero-order valence-corrected chi connectivity index (χ0v) is 11.6. The van der Waals surface area contributed by atoms with Crippen LogP contribution in [0.3, 0.4) is 0 Å². The van der Waals surface area contributed by atoms with E-state index in [0.29, 0.717) is 0 Å². The van der Waals surface area contributed by atoms with Crippen LogP contribution in [0, 0.1) is 0 Å². The minimum atomic E-state index is 0.765. The second-order valence-corrected chi connectivity index (χ2v) is 5.56. The van der Waals surface area contributed by atoms with Crippen LogP contribution in [-0.2, 0) is 12.8 Å². The predicted molar refractivity (Wildman–Crippen MR) is 80.3 cm³/mol. The number of anilines is 3. The third kappa shape index (κ3) is 2.23. The summed E-state index contributed by atoms with van der Waals surface area (Å²) in [6.07, 6.45) is 3.71. The van der Waals surface area contributed by atoms with E-state index in [1.54, 1.807) is 0 Å². The summed E-state index contributed by atoms with van der Waals surface area (Å²) in [5, 5.41) is 3.43. The molecule has 0 unspecified atom stereocenters. The Bertz CT molecular complexity index is 593. The van der Waals surface area contributed by atoms with Crippen molar-refractivity contribution in [2.75, 3.05) is 11.1 Å². The maximum atomic E-state index is 5.74. The number of hydrogen-bond acceptors (Lipinski definition) is 2. The van der Waals surface area contributed by atoms with Gasteiger partial charge in [-0.05, 0) is 76.7 Å². The lowest BCUT2D eigenvalue weighted by Gasteiger charge is -2.10. The van der Waals surface area contributed by atoms with Gasteiger partial charge in [0.2, 0.25) is 0 Å². The highest BCUT2D eigenvalue weighted by Crippen LogP contribution is 2.30. The molecule has 0 bridgehead atoms. The van der Waals surface area contributed by atoms with E-state index < -0.39 is 0 Å². The average Bonchev–Trinajstić information content (AvgIpc) is 2.80. The number of hydrogen-bond donors (Lipinski definition) is 2. The number of benzene rings is 2. The maximum Gasteiger partial charge on any atom is 0.0530 e. The molecule has 0 radical (unpaired) electrons. The average molecular weight is 303 g/mol. The minimum absolute atomic E-state index is 0.765. The van der Waals surface area contributed by atoms with Crippen LogP contribution in [0.1, 0.15) is 17.5 Å². The molecule has 0 amide bonds. The molecule has 0 atom stereocenters. The van der Waals surface area contributed by atoms with Crippen molar-refractivity contribution in [1.29, 1.82) is 0 Å². The van der Waals surface area contributed by atoms with E-state index in [0.717, 1.165) is 21.5 Å². The van der Waals surface area contributed by atoms with E-state index in [1.807, 2.05) is 18.2 Å². The summed E-state index contributed by atoms with van der Waals surface area (Å²) in [7, 11) is 0. The number of nitrogens with one attached hydrogen (secondary N) is 1. The first kappa shape index (κ1) is 11.6. The van der Waals surface area contributed by atoms with Gasteiger partial charge >= 0.3 is 0 Å². The molecule has 0 fully saturated rings. The Morgan fingerprint density at radius 3 is 2.67 bits per heavy atom. The highest BCUT2D eigenvalue weighted by Gasteiger charge is 2.11. The summed E-state index contributed by atoms with van der Waals surface area (Å²) in [5.41, 5.74) is 11.7. The fourth-order valence-electron chi connectivity index (χ4n) is 2.44. The standard InChI is InChI=1S/C15H15BrN2/c16-14-9-12(17)5-7-15(14)18-13-6-4-10-2-1-3-11(10)8-13/h4-9,18H,1-3,17H2. The summed E-state index contributed by atoms with van der Waals surface area (Å²) in [4.78, 5) is 0. The summed E-state index contributed by atoms with van der Waals surface area (Å²) < 4.78 is 0.989. The fraction of sp³-hybridized carbons (Fsp3) is 0.200. The first-order chi connectivity index (χ1) is 8.72. The van der Waals surface area contributed by atoms with Crippen molar-refractivity contribution in [3.05, 3.63) is 52.0 Å². The Morgan fingerprint density at radius 2 is 1.83 bits per heavy atom. The van der Waals surface area contributed by atoms with Crippen LogP contribution in [0.5, 0.6) is 0 Å². The van der Waals surface area contributed by atoms with Crippen LogP contribution in [0.25, 0.3) is 0 Å². The van der Waals surface area contributed by atoms with Gasteiger partial charge in [0.1, 0.15) is 0 Å².